The molecular formula is C108H94F6N4O18. The maximum Gasteiger partial charge on any atom is 0.487 e. The summed E-state index contributed by atoms with van der Waals surface area (Å²) >= 11 is 0. The number of hydrogen-bond acceptors (Lipinski definition) is 18. The number of nitrogens with zero attached hydrogens (tertiary/aromatic N) is 4. The van der Waals surface area contributed by atoms with Crippen molar-refractivity contribution in [3.63, 3.8) is 0 Å². The van der Waals surface area contributed by atoms with Crippen LogP contribution in [0, 0.1) is 0 Å². The van der Waals surface area contributed by atoms with Crippen molar-refractivity contribution in [1.82, 2.24) is 19.6 Å². The van der Waals surface area contributed by atoms with E-state index >= 15 is 55.1 Å². The molecule has 4 heterocycles. The number of carbonyl (C=O) groups is 8. The highest BCUT2D eigenvalue weighted by Crippen LogP contribution is 2.59. The Balaban J connectivity index is 0.958. The summed E-state index contributed by atoms with van der Waals surface area (Å²) in [6.45, 7) is 12.2. The van der Waals surface area contributed by atoms with Crippen LogP contribution in [0.1, 0.15) is 142 Å². The van der Waals surface area contributed by atoms with Crippen molar-refractivity contribution in [3.8, 4) is 46.0 Å². The van der Waals surface area contributed by atoms with Gasteiger partial charge in [-0.05, 0) is 158 Å². The van der Waals surface area contributed by atoms with Gasteiger partial charge in [-0.1, -0.05) is 188 Å². The Morgan fingerprint density at radius 3 is 0.926 bits per heavy atom. The Kier molecular flexibility index (Phi) is 26.6. The second-order valence-electron chi connectivity index (χ2n) is 33.8. The Morgan fingerprint density at radius 2 is 0.647 bits per heavy atom. The zero-order valence-corrected chi connectivity index (χ0v) is 75.3. The van der Waals surface area contributed by atoms with E-state index < -0.39 is 170 Å². The number of hydrogen-bond donors (Lipinski definition) is 0. The molecule has 0 aliphatic carbocycles. The predicted molar refractivity (Wildman–Crippen MR) is 502 cm³/mol. The summed E-state index contributed by atoms with van der Waals surface area (Å²) in [5.74, 6) is -10.8. The summed E-state index contributed by atoms with van der Waals surface area (Å²) in [5.41, 5.74) is 3.20. The average Bonchev–Trinajstić information content (AvgIpc) is 0.711. The third-order valence-electron chi connectivity index (χ3n) is 24.4. The predicted octanol–water partition coefficient (Wildman–Crippen LogP) is 23.9. The lowest BCUT2D eigenvalue weighted by Gasteiger charge is -2.38. The Hall–Kier alpha value is -14.9. The quantitative estimate of drug-likeness (QED) is 0.00510. The monoisotopic (exact) mass is 1850 g/mol. The molecule has 0 saturated heterocycles. The fourth-order valence-electron chi connectivity index (χ4n) is 18.2. The number of fused-ring (bicyclic) bond motifs is 8. The summed E-state index contributed by atoms with van der Waals surface area (Å²) in [6, 6.07) is 51.8. The minimum absolute atomic E-state index is 0.0257. The van der Waals surface area contributed by atoms with Crippen molar-refractivity contribution in [1.29, 1.82) is 0 Å². The van der Waals surface area contributed by atoms with Crippen LogP contribution < -0.4 is 18.9 Å². The van der Waals surface area contributed by atoms with Gasteiger partial charge >= 0.3 is 24.5 Å². The maximum atomic E-state index is 17.2. The van der Waals surface area contributed by atoms with E-state index in [1.54, 1.807) is 121 Å². The molecule has 0 saturated carbocycles. The highest BCUT2D eigenvalue weighted by atomic mass is 19.4. The van der Waals surface area contributed by atoms with Gasteiger partial charge in [-0.2, -0.15) is 0 Å². The van der Waals surface area contributed by atoms with Gasteiger partial charge in [0, 0.05) is 88.6 Å². The highest BCUT2D eigenvalue weighted by Gasteiger charge is 2.53. The fourth-order valence-corrected chi connectivity index (χ4v) is 18.2. The van der Waals surface area contributed by atoms with E-state index in [1.165, 1.54) is 50.2 Å². The van der Waals surface area contributed by atoms with Crippen molar-refractivity contribution in [2.24, 2.45) is 0 Å². The van der Waals surface area contributed by atoms with Crippen LogP contribution in [0.15, 0.2) is 239 Å². The fraction of sp³-hybridized carbons (Fsp3) is 0.259. The molecule has 13 aromatic carbocycles. The van der Waals surface area contributed by atoms with E-state index in [9.17, 15) is 9.59 Å². The molecule has 0 bridgehead atoms. The van der Waals surface area contributed by atoms with Crippen LogP contribution in [-0.4, -0.2) is 144 Å². The summed E-state index contributed by atoms with van der Waals surface area (Å²) in [4.78, 5) is 126. The van der Waals surface area contributed by atoms with Crippen LogP contribution in [-0.2, 0) is 76.7 Å². The van der Waals surface area contributed by atoms with Gasteiger partial charge in [0.05, 0.1) is 61.8 Å². The third-order valence-corrected chi connectivity index (χ3v) is 24.4. The van der Waals surface area contributed by atoms with Crippen molar-refractivity contribution in [3.05, 3.63) is 286 Å². The lowest BCUT2D eigenvalue weighted by molar-refractivity contribution is -0.245. The molecule has 0 fully saturated rings. The molecule has 0 spiro atoms. The van der Waals surface area contributed by atoms with Crippen molar-refractivity contribution < 1.29 is 111 Å². The number of para-hydroxylation sites is 4. The van der Waals surface area contributed by atoms with Gasteiger partial charge < -0.3 is 46.7 Å². The molecule has 136 heavy (non-hydrogen) atoms. The summed E-state index contributed by atoms with van der Waals surface area (Å²) in [6.07, 6.45) is -7.24. The first-order valence-electron chi connectivity index (χ1n) is 45.1. The van der Waals surface area contributed by atoms with Crippen LogP contribution >= 0.6 is 0 Å². The first-order valence-corrected chi connectivity index (χ1v) is 45.1. The lowest BCUT2D eigenvalue weighted by atomic mass is 9.80. The number of aryl methyl sites for hydroxylation is 4. The van der Waals surface area contributed by atoms with E-state index in [-0.39, 0.29) is 123 Å². The number of benzene rings is 13. The maximum absolute atomic E-state index is 17.2. The Morgan fingerprint density at radius 1 is 0.360 bits per heavy atom. The standard InChI is InChI=1S/C108H94F6N4O18/c1-9-19-63-31-39-69(40-32-63)131-85-57-77-89-78(100(120)117(99(77)119)81(55-67-23-17-27-75-73-25-13-15-29-83(73)135-97(67)75)103(123)115(107(109,110)111)47-49-127-51-53-129-105(125)61(5)6)59-87(133-71-43-35-65(21-11-3)36-44-71)93-94-88(134-72-45-37-66(22-12-4)38-46-72)60-80-90-79(58-86(92(96(90)94)91(85)95(89)93)132-70-41-33-64(20-10-2)34-42-70)101(121)118(102(80)122)82(56-68-24-18-28-76-74-26-14-16-30-84(74)136-98(68)76)104(124)116(108(112,113)114)48-50-128-52-54-130-106(126)62(7)8/h13-18,23-46,57-60,81-82H,5,7,9-12,19-22,47-56H2,1-4,6,8H3. The van der Waals surface area contributed by atoms with Crippen LogP contribution in [0.4, 0.5) is 26.3 Å². The van der Waals surface area contributed by atoms with Crippen LogP contribution in [0.25, 0.3) is 87.0 Å². The largest absolute Gasteiger partial charge is 0.487 e. The molecule has 15 aromatic rings. The third kappa shape index (κ3) is 18.3. The minimum Gasteiger partial charge on any atom is -0.460 e. The molecule has 22 nitrogen and oxygen atoms in total. The number of furan rings is 2. The van der Waals surface area contributed by atoms with E-state index in [1.807, 2.05) is 76.2 Å². The Labute approximate surface area is 776 Å². The second-order valence-corrected chi connectivity index (χ2v) is 33.8. The van der Waals surface area contributed by atoms with Gasteiger partial charge in [-0.25, -0.2) is 19.4 Å². The van der Waals surface area contributed by atoms with Gasteiger partial charge in [-0.3, -0.25) is 38.6 Å². The number of esters is 2. The minimum atomic E-state index is -5.54. The molecule has 6 amide bonds. The molecule has 2 unspecified atom stereocenters. The average molecular weight is 1850 g/mol. The second kappa shape index (κ2) is 39.0. The van der Waals surface area contributed by atoms with Gasteiger partial charge in [0.25, 0.3) is 35.4 Å². The molecule has 2 atom stereocenters. The van der Waals surface area contributed by atoms with Crippen molar-refractivity contribution in [2.75, 3.05) is 52.7 Å². The Bertz CT molecular complexity index is 6590. The molecule has 2 aliphatic heterocycles. The summed E-state index contributed by atoms with van der Waals surface area (Å²) < 4.78 is 162. The van der Waals surface area contributed by atoms with E-state index in [0.717, 1.165) is 47.9 Å². The van der Waals surface area contributed by atoms with Gasteiger partial charge in [0.1, 0.15) is 93.6 Å². The number of alkyl halides is 6. The van der Waals surface area contributed by atoms with E-state index in [4.69, 9.17) is 46.7 Å². The number of amides is 6. The zero-order chi connectivity index (χ0) is 95.7. The van der Waals surface area contributed by atoms with Crippen molar-refractivity contribution >= 4 is 134 Å². The molecule has 17 rings (SSSR count). The van der Waals surface area contributed by atoms with Crippen LogP contribution in [0.2, 0.25) is 0 Å². The first kappa shape index (κ1) is 92.9. The summed E-state index contributed by atoms with van der Waals surface area (Å²) in [7, 11) is 0. The van der Waals surface area contributed by atoms with E-state index in [2.05, 4.69) is 13.2 Å². The van der Waals surface area contributed by atoms with Crippen molar-refractivity contribution in [2.45, 2.75) is 130 Å². The van der Waals surface area contributed by atoms with Crippen LogP contribution in [0.5, 0.6) is 46.0 Å². The molecular weight excluding hydrogens is 1760 g/mol. The van der Waals surface area contributed by atoms with E-state index in [0.29, 0.717) is 68.2 Å². The lowest BCUT2D eigenvalue weighted by Crippen LogP contribution is -2.58. The van der Waals surface area contributed by atoms with Gasteiger partial charge in [0.15, 0.2) is 0 Å². The van der Waals surface area contributed by atoms with Gasteiger partial charge in [0.2, 0.25) is 0 Å². The molecule has 696 valence electrons. The molecule has 2 aromatic heterocycles. The highest BCUT2D eigenvalue weighted by molar-refractivity contribution is 6.45. The number of carbonyl (C=O) groups excluding carboxylic acids is 8. The zero-order valence-electron chi connectivity index (χ0n) is 75.3. The SMILES string of the molecule is C=C(C)C(=O)OCCOCCN(C(=O)C(Cc1cccc2c1oc1ccccc12)N1C(=O)c2cc(Oc3ccc(CCC)cc3)c3c4c(Oc5ccc(CCC)cc5)cc5c6c(cc(Oc7ccc(CCC)cc7)c(c7c(Oc8ccc(CCC)cc8)cc(c2c37)C1=O)c64)C(=O)N(C(Cc1cccc2c1oc1ccccc12)C(=O)N(CCOCCOC(=O)C(=C)C)C(F)(F)F)C5=O)C(F)(F)F. The smallest absolute Gasteiger partial charge is 0.460 e. The molecule has 28 heteroatoms. The first-order chi connectivity index (χ1) is 65.5. The molecule has 0 radical (unpaired) electrons. The number of imide groups is 2. The molecule has 0 N–H and O–H groups in total. The number of rotatable bonds is 38. The topological polar surface area (TPSA) is 250 Å². The number of ether oxygens (including phenoxy) is 8. The van der Waals surface area contributed by atoms with Crippen LogP contribution in [0.3, 0.4) is 0 Å². The number of halogens is 6. The molecule has 2 aliphatic rings. The summed E-state index contributed by atoms with van der Waals surface area (Å²) in [5, 5.41) is 1.62. The van der Waals surface area contributed by atoms with Gasteiger partial charge in [-0.15, -0.1) is 26.3 Å². The normalized spacial score (nSPS) is 13.3.